The van der Waals surface area contributed by atoms with E-state index >= 15 is 0 Å². The van der Waals surface area contributed by atoms with Gasteiger partial charge in [0.15, 0.2) is 11.5 Å². The first-order valence-corrected chi connectivity index (χ1v) is 9.09. The van der Waals surface area contributed by atoms with Gasteiger partial charge in [0.25, 0.3) is 0 Å². The second kappa shape index (κ2) is 8.27. The standard InChI is InChI=1S/C24H18N2O3/c27-24(28)23-17-22(29-25-23)16-13-18-11-14-21(15-12-18)26(19-7-3-1-4-8-19)20-9-5-2-6-10-20/h1-17H,(H,27,28)/b16-13+. The molecule has 0 aliphatic rings. The fraction of sp³-hybridized carbons (Fsp3) is 0. The Labute approximate surface area is 168 Å². The summed E-state index contributed by atoms with van der Waals surface area (Å²) in [6.07, 6.45) is 3.55. The summed E-state index contributed by atoms with van der Waals surface area (Å²) in [5, 5.41) is 12.4. The molecule has 4 rings (SSSR count). The van der Waals surface area contributed by atoms with Gasteiger partial charge < -0.3 is 14.5 Å². The van der Waals surface area contributed by atoms with E-state index in [0.717, 1.165) is 22.6 Å². The summed E-state index contributed by atoms with van der Waals surface area (Å²) in [6.45, 7) is 0. The maximum Gasteiger partial charge on any atom is 0.358 e. The molecule has 29 heavy (non-hydrogen) atoms. The van der Waals surface area contributed by atoms with Gasteiger partial charge in [-0.25, -0.2) is 4.79 Å². The van der Waals surface area contributed by atoms with Crippen LogP contribution in [0.25, 0.3) is 12.2 Å². The average Bonchev–Trinajstić information content (AvgIpc) is 3.25. The predicted octanol–water partition coefficient (Wildman–Crippen LogP) is 6.01. The molecule has 5 nitrogen and oxygen atoms in total. The highest BCUT2D eigenvalue weighted by atomic mass is 16.5. The van der Waals surface area contributed by atoms with Crippen molar-refractivity contribution in [1.82, 2.24) is 5.16 Å². The number of benzene rings is 3. The third-order valence-electron chi connectivity index (χ3n) is 4.37. The molecule has 3 aromatic carbocycles. The quantitative estimate of drug-likeness (QED) is 0.442. The first kappa shape index (κ1) is 18.3. The predicted molar refractivity (Wildman–Crippen MR) is 114 cm³/mol. The van der Waals surface area contributed by atoms with Crippen LogP contribution in [0.15, 0.2) is 95.5 Å². The second-order valence-corrected chi connectivity index (χ2v) is 6.35. The van der Waals surface area contributed by atoms with Gasteiger partial charge in [0, 0.05) is 23.1 Å². The molecule has 0 saturated carbocycles. The van der Waals surface area contributed by atoms with Crippen LogP contribution in [0, 0.1) is 0 Å². The van der Waals surface area contributed by atoms with Crippen molar-refractivity contribution in [3.63, 3.8) is 0 Å². The summed E-state index contributed by atoms with van der Waals surface area (Å²) in [5.74, 6) is -0.721. The molecule has 0 aliphatic heterocycles. The lowest BCUT2D eigenvalue weighted by Crippen LogP contribution is -2.09. The van der Waals surface area contributed by atoms with E-state index in [9.17, 15) is 4.79 Å². The minimum atomic E-state index is -1.11. The number of carbonyl (C=O) groups is 1. The Hall–Kier alpha value is -4.12. The zero-order valence-electron chi connectivity index (χ0n) is 15.5. The molecule has 0 amide bonds. The molecule has 1 aromatic heterocycles. The summed E-state index contributed by atoms with van der Waals surface area (Å²) in [6, 6.07) is 29.8. The molecule has 4 aromatic rings. The molecule has 0 fully saturated rings. The number of anilines is 3. The molecule has 0 spiro atoms. The molecule has 1 N–H and O–H groups in total. The molecule has 5 heteroatoms. The van der Waals surface area contributed by atoms with Gasteiger partial charge in [-0.2, -0.15) is 0 Å². The number of nitrogens with zero attached hydrogens (tertiary/aromatic N) is 2. The fourth-order valence-electron chi connectivity index (χ4n) is 2.98. The largest absolute Gasteiger partial charge is 0.476 e. The molecule has 0 atom stereocenters. The number of carboxylic acids is 1. The topological polar surface area (TPSA) is 66.6 Å². The van der Waals surface area contributed by atoms with Crippen LogP contribution in [0.3, 0.4) is 0 Å². The molecular weight excluding hydrogens is 364 g/mol. The molecule has 0 radical (unpaired) electrons. The van der Waals surface area contributed by atoms with Crippen LogP contribution in [-0.2, 0) is 0 Å². The number of para-hydroxylation sites is 2. The Morgan fingerprint density at radius 1 is 0.793 bits per heavy atom. The second-order valence-electron chi connectivity index (χ2n) is 6.35. The van der Waals surface area contributed by atoms with Gasteiger partial charge in [-0.3, -0.25) is 0 Å². The molecule has 1 heterocycles. The number of hydrogen-bond acceptors (Lipinski definition) is 4. The summed E-state index contributed by atoms with van der Waals surface area (Å²) in [5.41, 5.74) is 4.03. The van der Waals surface area contributed by atoms with Gasteiger partial charge in [-0.05, 0) is 48.0 Å². The van der Waals surface area contributed by atoms with Crippen molar-refractivity contribution in [2.24, 2.45) is 0 Å². The van der Waals surface area contributed by atoms with E-state index in [0.29, 0.717) is 5.76 Å². The lowest BCUT2D eigenvalue weighted by Gasteiger charge is -2.25. The monoisotopic (exact) mass is 382 g/mol. The van der Waals surface area contributed by atoms with Gasteiger partial charge in [0.2, 0.25) is 0 Å². The maximum atomic E-state index is 10.9. The minimum Gasteiger partial charge on any atom is -0.476 e. The highest BCUT2D eigenvalue weighted by Gasteiger charge is 2.11. The van der Waals surface area contributed by atoms with Gasteiger partial charge >= 0.3 is 5.97 Å². The van der Waals surface area contributed by atoms with E-state index in [1.165, 1.54) is 6.07 Å². The molecule has 0 aliphatic carbocycles. The number of hydrogen-bond donors (Lipinski definition) is 1. The van der Waals surface area contributed by atoms with Crippen LogP contribution < -0.4 is 4.90 Å². The molecule has 0 saturated heterocycles. The third kappa shape index (κ3) is 4.25. The average molecular weight is 382 g/mol. The first-order valence-electron chi connectivity index (χ1n) is 9.09. The van der Waals surface area contributed by atoms with Gasteiger partial charge in [-0.1, -0.05) is 59.8 Å². The van der Waals surface area contributed by atoms with Crippen LogP contribution in [-0.4, -0.2) is 16.2 Å². The summed E-state index contributed by atoms with van der Waals surface area (Å²) < 4.78 is 5.00. The highest BCUT2D eigenvalue weighted by Crippen LogP contribution is 2.34. The molecule has 0 bridgehead atoms. The van der Waals surface area contributed by atoms with Crippen LogP contribution in [0.1, 0.15) is 21.8 Å². The Kier molecular flexibility index (Phi) is 5.21. The Morgan fingerprint density at radius 2 is 1.34 bits per heavy atom. The fourth-order valence-corrected chi connectivity index (χ4v) is 2.98. The van der Waals surface area contributed by atoms with Crippen molar-refractivity contribution >= 4 is 35.2 Å². The highest BCUT2D eigenvalue weighted by molar-refractivity contribution is 5.86. The number of aromatic carboxylic acids is 1. The lowest BCUT2D eigenvalue weighted by molar-refractivity contribution is 0.0685. The van der Waals surface area contributed by atoms with E-state index in [4.69, 9.17) is 9.63 Å². The summed E-state index contributed by atoms with van der Waals surface area (Å²) >= 11 is 0. The first-order chi connectivity index (χ1) is 14.2. The van der Waals surface area contributed by atoms with Gasteiger partial charge in [0.1, 0.15) is 0 Å². The number of rotatable bonds is 6. The molecular formula is C24H18N2O3. The van der Waals surface area contributed by atoms with E-state index in [1.807, 2.05) is 66.7 Å². The summed E-state index contributed by atoms with van der Waals surface area (Å²) in [4.78, 5) is 13.1. The van der Waals surface area contributed by atoms with Crippen molar-refractivity contribution in [1.29, 1.82) is 0 Å². The van der Waals surface area contributed by atoms with Crippen LogP contribution in [0.5, 0.6) is 0 Å². The SMILES string of the molecule is O=C(O)c1cc(/C=C/c2ccc(N(c3ccccc3)c3ccccc3)cc2)on1. The smallest absolute Gasteiger partial charge is 0.358 e. The zero-order chi connectivity index (χ0) is 20.1. The van der Waals surface area contributed by atoms with Crippen LogP contribution in [0.4, 0.5) is 17.1 Å². The van der Waals surface area contributed by atoms with Gasteiger partial charge in [0.05, 0.1) is 0 Å². The van der Waals surface area contributed by atoms with E-state index in [1.54, 1.807) is 6.08 Å². The summed E-state index contributed by atoms with van der Waals surface area (Å²) in [7, 11) is 0. The van der Waals surface area contributed by atoms with Crippen molar-refractivity contribution in [2.45, 2.75) is 0 Å². The number of carboxylic acid groups (broad SMARTS) is 1. The van der Waals surface area contributed by atoms with Crippen molar-refractivity contribution in [3.05, 3.63) is 108 Å². The minimum absolute atomic E-state index is 0.110. The van der Waals surface area contributed by atoms with Crippen molar-refractivity contribution in [2.75, 3.05) is 4.90 Å². The zero-order valence-corrected chi connectivity index (χ0v) is 15.5. The lowest BCUT2D eigenvalue weighted by atomic mass is 10.1. The Balaban J connectivity index is 1.60. The normalized spacial score (nSPS) is 10.9. The molecule has 0 unspecified atom stereocenters. The van der Waals surface area contributed by atoms with E-state index in [-0.39, 0.29) is 5.69 Å². The maximum absolute atomic E-state index is 10.9. The van der Waals surface area contributed by atoms with Crippen LogP contribution in [0.2, 0.25) is 0 Å². The Bertz CT molecular complexity index is 1080. The van der Waals surface area contributed by atoms with E-state index < -0.39 is 5.97 Å². The van der Waals surface area contributed by atoms with Gasteiger partial charge in [-0.15, -0.1) is 0 Å². The number of aromatic nitrogens is 1. The Morgan fingerprint density at radius 3 is 1.86 bits per heavy atom. The van der Waals surface area contributed by atoms with Crippen molar-refractivity contribution in [3.8, 4) is 0 Å². The molecule has 142 valence electrons. The van der Waals surface area contributed by atoms with E-state index in [2.05, 4.69) is 34.3 Å². The van der Waals surface area contributed by atoms with Crippen molar-refractivity contribution < 1.29 is 14.4 Å². The van der Waals surface area contributed by atoms with Crippen LogP contribution >= 0.6 is 0 Å². The third-order valence-corrected chi connectivity index (χ3v) is 4.37.